The van der Waals surface area contributed by atoms with E-state index in [1.807, 2.05) is 102 Å². The van der Waals surface area contributed by atoms with E-state index in [9.17, 15) is 22.0 Å². The smallest absolute Gasteiger partial charge is 0.423 e. The van der Waals surface area contributed by atoms with Crippen molar-refractivity contribution in [2.24, 2.45) is 4.99 Å². The zero-order chi connectivity index (χ0) is 84.0. The van der Waals surface area contributed by atoms with Crippen LogP contribution in [0.1, 0.15) is 24.1 Å². The Kier molecular flexibility index (Phi) is 34.1. The fraction of sp³-hybridized carbons (Fsp3) is 0.376. The summed E-state index contributed by atoms with van der Waals surface area (Å²) in [7, 11) is -4.77. The summed E-state index contributed by atoms with van der Waals surface area (Å²) in [6.45, 7) is 28.9. The number of aliphatic imine (C=N–C) groups is 1. The molecule has 3 N–H and O–H groups in total. The molecule has 638 valence electrons. The van der Waals surface area contributed by atoms with Crippen LogP contribution >= 0.6 is 76.1 Å². The van der Waals surface area contributed by atoms with Crippen molar-refractivity contribution in [3.63, 3.8) is 0 Å². The van der Waals surface area contributed by atoms with Gasteiger partial charge in [-0.3, -0.25) is 9.98 Å². The highest BCUT2D eigenvalue weighted by molar-refractivity contribution is 9.11. The Morgan fingerprint density at radius 1 is 0.458 bits per heavy atom. The lowest BCUT2D eigenvalue weighted by molar-refractivity contribution is 0.0818. The molecule has 12 aromatic rings. The molecule has 0 amide bonds. The van der Waals surface area contributed by atoms with Crippen molar-refractivity contribution < 1.29 is 46.2 Å². The Balaban J connectivity index is 0.000000159. The number of fused-ring (bicyclic) bond motifs is 4. The van der Waals surface area contributed by atoms with E-state index in [4.69, 9.17) is 34.5 Å². The van der Waals surface area contributed by atoms with Crippen molar-refractivity contribution in [2.45, 2.75) is 136 Å². The fourth-order valence-electron chi connectivity index (χ4n) is 12.8. The van der Waals surface area contributed by atoms with Gasteiger partial charge < -0.3 is 44.3 Å². The molecule has 35 heteroatoms. The van der Waals surface area contributed by atoms with Gasteiger partial charge in [-0.2, -0.15) is 19.7 Å². The van der Waals surface area contributed by atoms with Crippen LogP contribution in [0.15, 0.2) is 194 Å². The quantitative estimate of drug-likeness (QED) is 0.0235. The summed E-state index contributed by atoms with van der Waals surface area (Å²) < 4.78 is 91.9. The number of halogens is 10. The maximum Gasteiger partial charge on any atom is 0.490 e. The number of ether oxygens (including phenoxy) is 3. The summed E-state index contributed by atoms with van der Waals surface area (Å²) in [6.07, 6.45) is 6.96. The highest BCUT2D eigenvalue weighted by Crippen LogP contribution is 2.37. The summed E-state index contributed by atoms with van der Waals surface area (Å²) in [5.41, 5.74) is 13.0. The van der Waals surface area contributed by atoms with Gasteiger partial charge in [0.1, 0.15) is 79.4 Å². The molecule has 4 aromatic carbocycles. The molecule has 21 nitrogen and oxygen atoms in total. The standard InChI is InChI=1S/2C21H26BrFN4OSi.C18H21BrFN3OSi.C16H13BrFN3.C5H6BNO2.C3H6FN.CH4.ClH/c2*1-29(2,3)9-8-28-14-27-19-5-4-16(22)11-18(19)21(25-27)15-6-7-24-20(10-15)26-12-17(23)13-26;1-25(2,3)9-8-24-12-23-16-5-4-14(19)11-15(16)18(22-23)13-6-7-21-17(20)10-13;17-12-2-1-11-7-20-16(14(11)6-12)10-3-4-19-15(5-10)21-8-13(18)9-21;8-6(9)5-2-1-3-7-4-5;4-3-1-5-2-3;;/h2*4-7,10-11,17H,8-9,12-14H2,1-3H3;4-7,10-11H,8-9,12H2,1-3H3;1-6,13H,7-9H2;1-4,8-9H;3,5H,1-2H2;1H4;1H. The van der Waals surface area contributed by atoms with E-state index in [1.165, 1.54) is 24.0 Å². The molecule has 0 bridgehead atoms. The maximum atomic E-state index is 13.5. The summed E-state index contributed by atoms with van der Waals surface area (Å²) >= 11 is 14.2. The summed E-state index contributed by atoms with van der Waals surface area (Å²) in [5, 5.41) is 37.3. The predicted octanol–water partition coefficient (Wildman–Crippen LogP) is 19.1. The average molecular weight is 1970 g/mol. The van der Waals surface area contributed by atoms with Gasteiger partial charge in [0.25, 0.3) is 0 Å². The minimum absolute atomic E-state index is 0. The molecule has 0 spiro atoms. The topological polar surface area (TPSA) is 220 Å². The molecule has 5 aliphatic rings. The molecule has 120 heavy (non-hydrogen) atoms. The van der Waals surface area contributed by atoms with Crippen LogP contribution in [0.4, 0.5) is 39.4 Å². The van der Waals surface area contributed by atoms with Gasteiger partial charge in [-0.15, -0.1) is 12.4 Å². The molecule has 4 fully saturated rings. The van der Waals surface area contributed by atoms with Crippen LogP contribution in [0.5, 0.6) is 0 Å². The first kappa shape index (κ1) is 94.7. The van der Waals surface area contributed by atoms with Gasteiger partial charge in [-0.05, 0) is 139 Å². The van der Waals surface area contributed by atoms with Crippen LogP contribution in [0.3, 0.4) is 0 Å². The van der Waals surface area contributed by atoms with Gasteiger partial charge in [0.2, 0.25) is 5.95 Å². The minimum atomic E-state index is -1.40. The molecular formula is C85H103BBr4ClF5N16O5Si3. The Morgan fingerprint density at radius 2 is 0.817 bits per heavy atom. The maximum absolute atomic E-state index is 13.5. The summed E-state index contributed by atoms with van der Waals surface area (Å²) in [5.74, 6) is 1.90. The number of nitrogens with one attached hydrogen (secondary N) is 1. The number of hydrogen-bond acceptors (Lipinski definition) is 18. The molecule has 0 unspecified atom stereocenters. The Hall–Kier alpha value is -7.55. The third-order valence-electron chi connectivity index (χ3n) is 19.8. The lowest BCUT2D eigenvalue weighted by Gasteiger charge is -2.35. The van der Waals surface area contributed by atoms with Crippen molar-refractivity contribution in [2.75, 3.05) is 86.9 Å². The van der Waals surface area contributed by atoms with Crippen LogP contribution in [0.25, 0.3) is 66.5 Å². The largest absolute Gasteiger partial charge is 0.490 e. The molecule has 0 aliphatic carbocycles. The lowest BCUT2D eigenvalue weighted by atomic mass is 9.82. The van der Waals surface area contributed by atoms with Crippen LogP contribution in [-0.2, 0) is 40.9 Å². The summed E-state index contributed by atoms with van der Waals surface area (Å²) in [4.78, 5) is 30.9. The molecule has 0 saturated carbocycles. The highest BCUT2D eigenvalue weighted by Gasteiger charge is 2.31. The number of alkyl halides is 4. The first-order valence-corrected chi connectivity index (χ1v) is 53.5. The number of anilines is 3. The van der Waals surface area contributed by atoms with Gasteiger partial charge in [0.15, 0.2) is 0 Å². The normalized spacial score (nSPS) is 14.6. The number of benzene rings is 4. The second kappa shape index (κ2) is 43.2. The van der Waals surface area contributed by atoms with Crippen LogP contribution < -0.4 is 25.5 Å². The summed E-state index contributed by atoms with van der Waals surface area (Å²) in [6, 6.07) is 46.1. The van der Waals surface area contributed by atoms with Gasteiger partial charge in [0.05, 0.1) is 68.1 Å². The second-order valence-corrected chi connectivity index (χ2v) is 53.6. The molecule has 4 saturated heterocycles. The van der Waals surface area contributed by atoms with Gasteiger partial charge >= 0.3 is 7.12 Å². The van der Waals surface area contributed by atoms with E-state index in [-0.39, 0.29) is 19.8 Å². The van der Waals surface area contributed by atoms with Crippen molar-refractivity contribution in [1.82, 2.24) is 59.6 Å². The molecule has 17 rings (SSSR count). The van der Waals surface area contributed by atoms with Gasteiger partial charge in [0, 0.05) is 168 Å². The van der Waals surface area contributed by atoms with Gasteiger partial charge in [-0.1, -0.05) is 142 Å². The van der Waals surface area contributed by atoms with Crippen LogP contribution in [0, 0.1) is 5.95 Å². The minimum Gasteiger partial charge on any atom is -0.423 e. The Morgan fingerprint density at radius 3 is 1.15 bits per heavy atom. The van der Waals surface area contributed by atoms with Gasteiger partial charge in [-0.25, -0.2) is 51.5 Å². The Labute approximate surface area is 741 Å². The molecule has 5 aliphatic heterocycles. The average Bonchev–Trinajstić information content (AvgIpc) is 1.63. The van der Waals surface area contributed by atoms with E-state index in [2.05, 4.69) is 199 Å². The SMILES string of the molecule is C.C[Si](C)(C)CCOCn1nc(-c2ccnc(F)c2)c2cc(Br)ccc21.C[Si](C)(C)CCOCn1nc(-c2ccnc(N3CC(F)C3)c2)c2cc(Br)ccc21.C[Si](C)(C)CCOCn1nc(-c2ccnc(N3CC(F)C3)c2)c2cc(Br)ccc21.Cl.FC1CN(c2cc(C3=NCc4ccc(Br)cc43)ccn2)C1.FC1CNC1.OB(O)c1cccnc1. The fourth-order valence-corrected chi connectivity index (χ4v) is 16.5. The van der Waals surface area contributed by atoms with E-state index >= 15 is 0 Å². The number of nitrogens with zero attached hydrogens (tertiary/aromatic N) is 15. The third-order valence-corrected chi connectivity index (χ3v) is 26.8. The predicted molar refractivity (Wildman–Crippen MR) is 499 cm³/mol. The van der Waals surface area contributed by atoms with Crippen LogP contribution in [0.2, 0.25) is 77.1 Å². The first-order chi connectivity index (χ1) is 56.3. The van der Waals surface area contributed by atoms with Crippen molar-refractivity contribution in [3.05, 3.63) is 211 Å². The second-order valence-electron chi connectivity index (χ2n) is 33.0. The molecular weight excluding hydrogens is 1870 g/mol. The van der Waals surface area contributed by atoms with Crippen LogP contribution in [-0.4, -0.2) is 198 Å². The molecule has 8 aromatic heterocycles. The van der Waals surface area contributed by atoms with E-state index in [1.54, 1.807) is 43.0 Å². The van der Waals surface area contributed by atoms with Crippen molar-refractivity contribution in [1.29, 1.82) is 0 Å². The number of aromatic nitrogens is 11. The number of rotatable bonds is 23. The van der Waals surface area contributed by atoms with Crippen molar-refractivity contribution in [3.8, 4) is 33.8 Å². The molecule has 0 radical (unpaired) electrons. The number of hydrogen-bond donors (Lipinski definition) is 3. The van der Waals surface area contributed by atoms with E-state index in [0.29, 0.717) is 90.1 Å². The molecule has 13 heterocycles. The highest BCUT2D eigenvalue weighted by atomic mass is 79.9. The third kappa shape index (κ3) is 26.5. The zero-order valence-electron chi connectivity index (χ0n) is 67.9. The monoisotopic (exact) mass is 1970 g/mol. The number of pyridine rings is 5. The lowest BCUT2D eigenvalue weighted by Crippen LogP contribution is -2.48. The Bertz CT molecular complexity index is 5240. The zero-order valence-corrected chi connectivity index (χ0v) is 78.1. The first-order valence-electron chi connectivity index (χ1n) is 39.2. The van der Waals surface area contributed by atoms with E-state index in [0.717, 1.165) is 151 Å². The molecule has 0 atom stereocenters. The van der Waals surface area contributed by atoms with Crippen molar-refractivity contribution >= 4 is 169 Å². The van der Waals surface area contributed by atoms with E-state index < -0.39 is 62.0 Å².